The third-order valence-corrected chi connectivity index (χ3v) is 14.8. The maximum Gasteiger partial charge on any atom is 0.236 e. The average Bonchev–Trinajstić information content (AvgIpc) is 3.38. The standard InChI is InChI=1S/C59H111N7O10/c1-3-5-7-9-11-13-15-17-19-21-23-25-27-29-31-33-37-66(38-34-32-30-28-26-24-22-20-18-16-14-12-10-8-6-4-2)56(70)52-65-45-40-62(49-53(67)35-36-57(71)72)39-41-63(50-54(68)60-47-58(73)74)42-43-64(44-46-65)51-55(69)61-48-59(75)76/h3-52H2,1-2H3,(H,60,68)(H,61,69)(H,71,72)(H,73,74)(H,75,76)/p-3. The Bertz CT molecular complexity index is 1440. The molecule has 3 amide bonds. The molecule has 0 unspecified atom stereocenters. The lowest BCUT2D eigenvalue weighted by Crippen LogP contribution is -2.52. The van der Waals surface area contributed by atoms with Gasteiger partial charge in [0, 0.05) is 77.8 Å². The van der Waals surface area contributed by atoms with Crippen LogP contribution in [0.2, 0.25) is 0 Å². The van der Waals surface area contributed by atoms with Crippen molar-refractivity contribution >= 4 is 41.4 Å². The van der Waals surface area contributed by atoms with Crippen molar-refractivity contribution in [1.82, 2.24) is 35.1 Å². The van der Waals surface area contributed by atoms with E-state index in [4.69, 9.17) is 0 Å². The van der Waals surface area contributed by atoms with Crippen molar-refractivity contribution in [3.05, 3.63) is 0 Å². The van der Waals surface area contributed by atoms with Gasteiger partial charge in [-0.2, -0.15) is 0 Å². The summed E-state index contributed by atoms with van der Waals surface area (Å²) in [6, 6.07) is 0. The fourth-order valence-electron chi connectivity index (χ4n) is 9.99. The first-order valence-corrected chi connectivity index (χ1v) is 30.6. The second-order valence-corrected chi connectivity index (χ2v) is 21.8. The van der Waals surface area contributed by atoms with Crippen molar-refractivity contribution in [2.24, 2.45) is 0 Å². The lowest BCUT2D eigenvalue weighted by Gasteiger charge is -2.34. The quantitative estimate of drug-likeness (QED) is 0.0729. The van der Waals surface area contributed by atoms with Crippen LogP contribution < -0.4 is 26.0 Å². The third kappa shape index (κ3) is 44.3. The van der Waals surface area contributed by atoms with Gasteiger partial charge in [0.15, 0.2) is 0 Å². The molecule has 0 aromatic heterocycles. The van der Waals surface area contributed by atoms with Crippen LogP contribution in [0.5, 0.6) is 0 Å². The number of rotatable bonds is 49. The number of hydrogen-bond acceptors (Lipinski definition) is 14. The van der Waals surface area contributed by atoms with Crippen LogP contribution in [-0.4, -0.2) is 171 Å². The molecule has 0 aromatic carbocycles. The van der Waals surface area contributed by atoms with Crippen LogP contribution in [0.3, 0.4) is 0 Å². The molecule has 0 atom stereocenters. The molecule has 1 rings (SSSR count). The third-order valence-electron chi connectivity index (χ3n) is 14.8. The fraction of sp³-hybridized carbons (Fsp3) is 0.881. The molecule has 0 aromatic rings. The van der Waals surface area contributed by atoms with E-state index in [9.17, 15) is 48.9 Å². The molecule has 1 aliphatic rings. The Morgan fingerprint density at radius 2 is 0.605 bits per heavy atom. The number of Topliss-reactive ketones (excluding diaryl/α,β-unsaturated/α-hetero) is 1. The SMILES string of the molecule is CCCCCCCCCCCCCCCCCCN(CCCCCCCCCCCCCCCCCC)C(=O)CN1CCN(CC(=O)CCC(=O)[O-])CCN(CC(=O)NCC(=O)[O-])CCN(CC(=O)NCC(=O)[O-])CC1. The lowest BCUT2D eigenvalue weighted by atomic mass is 10.0. The predicted molar refractivity (Wildman–Crippen MR) is 297 cm³/mol. The zero-order valence-corrected chi connectivity index (χ0v) is 48.2. The number of carbonyl (C=O) groups excluding carboxylic acids is 7. The number of aliphatic carboxylic acids is 3. The molecule has 0 radical (unpaired) electrons. The van der Waals surface area contributed by atoms with E-state index in [0.29, 0.717) is 45.8 Å². The van der Waals surface area contributed by atoms with Gasteiger partial charge in [-0.3, -0.25) is 38.8 Å². The van der Waals surface area contributed by atoms with Gasteiger partial charge in [-0.1, -0.05) is 206 Å². The average molecular weight is 1080 g/mol. The molecule has 0 spiro atoms. The molecule has 76 heavy (non-hydrogen) atoms. The zero-order chi connectivity index (χ0) is 55.7. The van der Waals surface area contributed by atoms with Gasteiger partial charge in [0.05, 0.1) is 51.2 Å². The highest BCUT2D eigenvalue weighted by Crippen LogP contribution is 2.17. The largest absolute Gasteiger partial charge is 0.550 e. The minimum absolute atomic E-state index is 0.0256. The second-order valence-electron chi connectivity index (χ2n) is 21.8. The number of amides is 3. The maximum atomic E-state index is 14.5. The van der Waals surface area contributed by atoms with Crippen LogP contribution in [0.15, 0.2) is 0 Å². The number of ketones is 1. The molecule has 442 valence electrons. The van der Waals surface area contributed by atoms with Crippen LogP contribution in [0.4, 0.5) is 0 Å². The number of nitrogens with one attached hydrogen (secondary N) is 2. The van der Waals surface area contributed by atoms with Crippen molar-refractivity contribution in [3.63, 3.8) is 0 Å². The van der Waals surface area contributed by atoms with Crippen molar-refractivity contribution in [2.45, 2.75) is 232 Å². The van der Waals surface area contributed by atoms with Crippen molar-refractivity contribution in [2.75, 3.05) is 105 Å². The Hall–Kier alpha value is -3.67. The summed E-state index contributed by atoms with van der Waals surface area (Å²) in [5.74, 6) is -5.52. The highest BCUT2D eigenvalue weighted by molar-refractivity contribution is 5.84. The molecule has 1 saturated heterocycles. The molecular weight excluding hydrogens is 967 g/mol. The Kier molecular flexibility index (Phi) is 45.9. The molecular formula is C59H108N7O10-3. The first kappa shape index (κ1) is 70.3. The minimum Gasteiger partial charge on any atom is -0.550 e. The topological polar surface area (TPSA) is 229 Å². The monoisotopic (exact) mass is 1070 g/mol. The summed E-state index contributed by atoms with van der Waals surface area (Å²) in [6.45, 7) is 6.81. The Morgan fingerprint density at radius 1 is 0.342 bits per heavy atom. The summed E-state index contributed by atoms with van der Waals surface area (Å²) >= 11 is 0. The predicted octanol–water partition coefficient (Wildman–Crippen LogP) is 5.39. The summed E-state index contributed by atoms with van der Waals surface area (Å²) in [5, 5.41) is 38.1. The van der Waals surface area contributed by atoms with E-state index in [0.717, 1.165) is 38.5 Å². The summed E-state index contributed by atoms with van der Waals surface area (Å²) in [5.41, 5.74) is 0. The van der Waals surface area contributed by atoms with Gasteiger partial charge in [0.25, 0.3) is 0 Å². The normalized spacial score (nSPS) is 14.4. The first-order valence-electron chi connectivity index (χ1n) is 30.6. The Balaban J connectivity index is 3.03. The smallest absolute Gasteiger partial charge is 0.236 e. The fourth-order valence-corrected chi connectivity index (χ4v) is 9.99. The highest BCUT2D eigenvalue weighted by atomic mass is 16.4. The second kappa shape index (κ2) is 49.6. The summed E-state index contributed by atoms with van der Waals surface area (Å²) in [7, 11) is 0. The summed E-state index contributed by atoms with van der Waals surface area (Å²) in [4.78, 5) is 96.1. The van der Waals surface area contributed by atoms with Crippen LogP contribution >= 0.6 is 0 Å². The molecule has 0 aliphatic carbocycles. The van der Waals surface area contributed by atoms with Gasteiger partial charge >= 0.3 is 0 Å². The number of carboxylic acid groups (broad SMARTS) is 3. The molecule has 1 heterocycles. The molecule has 1 aliphatic heterocycles. The summed E-state index contributed by atoms with van der Waals surface area (Å²) < 4.78 is 0. The van der Waals surface area contributed by atoms with Gasteiger partial charge in [-0.15, -0.1) is 0 Å². The summed E-state index contributed by atoms with van der Waals surface area (Å²) in [6.07, 6.45) is 40.2. The van der Waals surface area contributed by atoms with Crippen molar-refractivity contribution in [3.8, 4) is 0 Å². The van der Waals surface area contributed by atoms with E-state index in [1.807, 2.05) is 19.6 Å². The van der Waals surface area contributed by atoms with Crippen LogP contribution in [0.25, 0.3) is 0 Å². The van der Waals surface area contributed by atoms with Gasteiger partial charge in [0.2, 0.25) is 17.7 Å². The van der Waals surface area contributed by atoms with Gasteiger partial charge in [0.1, 0.15) is 5.78 Å². The van der Waals surface area contributed by atoms with E-state index in [2.05, 4.69) is 24.5 Å². The van der Waals surface area contributed by atoms with Crippen LogP contribution in [0, 0.1) is 0 Å². The minimum atomic E-state index is -1.44. The molecule has 1 fully saturated rings. The van der Waals surface area contributed by atoms with E-state index in [-0.39, 0.29) is 63.9 Å². The van der Waals surface area contributed by atoms with Crippen LogP contribution in [-0.2, 0) is 33.6 Å². The van der Waals surface area contributed by atoms with E-state index < -0.39 is 49.2 Å². The van der Waals surface area contributed by atoms with Gasteiger partial charge < -0.3 is 45.2 Å². The van der Waals surface area contributed by atoms with Gasteiger partial charge in [-0.05, 0) is 19.3 Å². The van der Waals surface area contributed by atoms with E-state index in [1.165, 1.54) is 167 Å². The number of carbonyl (C=O) groups is 7. The lowest BCUT2D eigenvalue weighted by molar-refractivity contribution is -0.306. The number of unbranched alkanes of at least 4 members (excludes halogenated alkanes) is 30. The molecule has 17 nitrogen and oxygen atoms in total. The highest BCUT2D eigenvalue weighted by Gasteiger charge is 2.23. The van der Waals surface area contributed by atoms with Crippen LogP contribution in [0.1, 0.15) is 232 Å². The number of carboxylic acids is 3. The Morgan fingerprint density at radius 3 is 0.882 bits per heavy atom. The number of nitrogens with zero attached hydrogens (tertiary/aromatic N) is 5. The van der Waals surface area contributed by atoms with Gasteiger partial charge in [-0.25, -0.2) is 0 Å². The molecule has 17 heteroatoms. The van der Waals surface area contributed by atoms with E-state index >= 15 is 0 Å². The first-order chi connectivity index (χ1) is 36.8. The zero-order valence-electron chi connectivity index (χ0n) is 48.2. The van der Waals surface area contributed by atoms with Crippen molar-refractivity contribution < 1.29 is 48.9 Å². The molecule has 0 bridgehead atoms. The Labute approximate surface area is 460 Å². The molecule has 0 saturated carbocycles. The maximum absolute atomic E-state index is 14.5. The molecule has 2 N–H and O–H groups in total. The van der Waals surface area contributed by atoms with Crippen molar-refractivity contribution in [1.29, 1.82) is 0 Å². The van der Waals surface area contributed by atoms with E-state index in [1.54, 1.807) is 4.90 Å². The number of hydrogen-bond donors (Lipinski definition) is 2.